The Kier molecular flexibility index (Phi) is 3.16. The van der Waals surface area contributed by atoms with Crippen LogP contribution in [0.15, 0.2) is 0 Å². The van der Waals surface area contributed by atoms with Gasteiger partial charge in [0, 0.05) is 0 Å². The maximum atomic E-state index is 10.6. The molecule has 0 fully saturated rings. The SMILES string of the molecule is CC(C(=O)NC(=O)O)S(=O)(=O)O. The summed E-state index contributed by atoms with van der Waals surface area (Å²) < 4.78 is 28.8. The number of amides is 2. The molecule has 0 saturated carbocycles. The van der Waals surface area contributed by atoms with Crippen LogP contribution in [0, 0.1) is 0 Å². The predicted octanol–water partition coefficient (Wildman–Crippen LogP) is -0.943. The molecule has 0 aromatic rings. The van der Waals surface area contributed by atoms with E-state index in [4.69, 9.17) is 9.66 Å². The van der Waals surface area contributed by atoms with E-state index in [1.807, 2.05) is 0 Å². The van der Waals surface area contributed by atoms with Crippen LogP contribution in [0.4, 0.5) is 4.79 Å². The first-order valence-electron chi connectivity index (χ1n) is 2.75. The third-order valence-corrected chi connectivity index (χ3v) is 2.15. The monoisotopic (exact) mass is 197 g/mol. The first-order valence-corrected chi connectivity index (χ1v) is 4.25. The van der Waals surface area contributed by atoms with Crippen molar-refractivity contribution < 1.29 is 27.7 Å². The van der Waals surface area contributed by atoms with Gasteiger partial charge in [-0.3, -0.25) is 14.7 Å². The van der Waals surface area contributed by atoms with Crippen molar-refractivity contribution in [2.75, 3.05) is 0 Å². The molecule has 1 atom stereocenters. The highest BCUT2D eigenvalue weighted by atomic mass is 32.2. The van der Waals surface area contributed by atoms with Crippen molar-refractivity contribution in [1.29, 1.82) is 0 Å². The van der Waals surface area contributed by atoms with E-state index in [2.05, 4.69) is 0 Å². The molecule has 3 N–H and O–H groups in total. The van der Waals surface area contributed by atoms with Crippen LogP contribution in [0.25, 0.3) is 0 Å². The minimum atomic E-state index is -4.52. The number of carbonyl (C=O) groups excluding carboxylic acids is 1. The third kappa shape index (κ3) is 3.30. The Bertz CT molecular complexity index is 293. The fourth-order valence-corrected chi connectivity index (χ4v) is 0.672. The number of rotatable bonds is 2. The Morgan fingerprint density at radius 3 is 2.08 bits per heavy atom. The highest BCUT2D eigenvalue weighted by Gasteiger charge is 2.26. The fourth-order valence-electron chi connectivity index (χ4n) is 0.342. The van der Waals surface area contributed by atoms with Gasteiger partial charge in [-0.15, -0.1) is 0 Å². The molecule has 0 aromatic carbocycles. The summed E-state index contributed by atoms with van der Waals surface area (Å²) in [7, 11) is -4.52. The lowest BCUT2D eigenvalue weighted by molar-refractivity contribution is -0.119. The number of hydrogen-bond donors (Lipinski definition) is 3. The summed E-state index contributed by atoms with van der Waals surface area (Å²) in [6.07, 6.45) is -1.67. The molecule has 0 aliphatic heterocycles. The zero-order valence-electron chi connectivity index (χ0n) is 6.01. The van der Waals surface area contributed by atoms with Crippen LogP contribution in [0.1, 0.15) is 6.92 Å². The highest BCUT2D eigenvalue weighted by Crippen LogP contribution is 1.96. The van der Waals surface area contributed by atoms with Crippen molar-refractivity contribution in [2.24, 2.45) is 0 Å². The second-order valence-electron chi connectivity index (χ2n) is 1.95. The summed E-state index contributed by atoms with van der Waals surface area (Å²) in [5, 5.41) is 7.49. The number of carbonyl (C=O) groups is 2. The summed E-state index contributed by atoms with van der Waals surface area (Å²) in [4.78, 5) is 20.4. The van der Waals surface area contributed by atoms with Crippen LogP contribution in [0.2, 0.25) is 0 Å². The lowest BCUT2D eigenvalue weighted by atomic mass is 10.4. The molecule has 0 aromatic heterocycles. The lowest BCUT2D eigenvalue weighted by Gasteiger charge is -2.04. The van der Waals surface area contributed by atoms with E-state index in [-0.39, 0.29) is 0 Å². The summed E-state index contributed by atoms with van der Waals surface area (Å²) in [6, 6.07) is 0. The average molecular weight is 197 g/mol. The van der Waals surface area contributed by atoms with Crippen molar-refractivity contribution in [3.8, 4) is 0 Å². The average Bonchev–Trinajstić information content (AvgIpc) is 1.82. The van der Waals surface area contributed by atoms with Crippen LogP contribution in [-0.4, -0.2) is 35.3 Å². The van der Waals surface area contributed by atoms with Gasteiger partial charge in [-0.05, 0) is 6.92 Å². The molecule has 8 heteroatoms. The summed E-state index contributed by atoms with van der Waals surface area (Å²) in [5.41, 5.74) is 0. The Morgan fingerprint density at radius 1 is 1.42 bits per heavy atom. The largest absolute Gasteiger partial charge is 0.465 e. The summed E-state index contributed by atoms with van der Waals surface area (Å²) >= 11 is 0. The Hall–Kier alpha value is -1.15. The molecule has 0 spiro atoms. The molecular weight excluding hydrogens is 190 g/mol. The molecule has 7 nitrogen and oxygen atoms in total. The van der Waals surface area contributed by atoms with E-state index in [1.54, 1.807) is 0 Å². The Balaban J connectivity index is 4.42. The number of carboxylic acid groups (broad SMARTS) is 1. The quantitative estimate of drug-likeness (QED) is 0.491. The van der Waals surface area contributed by atoms with Crippen molar-refractivity contribution in [3.05, 3.63) is 0 Å². The van der Waals surface area contributed by atoms with Gasteiger partial charge in [-0.2, -0.15) is 8.42 Å². The molecule has 2 amide bonds. The molecule has 0 heterocycles. The maximum absolute atomic E-state index is 10.6. The van der Waals surface area contributed by atoms with Gasteiger partial charge in [-0.1, -0.05) is 0 Å². The summed E-state index contributed by atoms with van der Waals surface area (Å²) in [5.74, 6) is -1.29. The highest BCUT2D eigenvalue weighted by molar-refractivity contribution is 7.87. The summed E-state index contributed by atoms with van der Waals surface area (Å²) in [6.45, 7) is 0.869. The minimum Gasteiger partial charge on any atom is -0.465 e. The first-order chi connectivity index (χ1) is 5.25. The van der Waals surface area contributed by atoms with Gasteiger partial charge < -0.3 is 5.11 Å². The van der Waals surface area contributed by atoms with E-state index in [1.165, 1.54) is 5.32 Å². The van der Waals surface area contributed by atoms with Crippen LogP contribution in [0.3, 0.4) is 0 Å². The molecule has 12 heavy (non-hydrogen) atoms. The van der Waals surface area contributed by atoms with Crippen LogP contribution in [0.5, 0.6) is 0 Å². The topological polar surface area (TPSA) is 121 Å². The maximum Gasteiger partial charge on any atom is 0.411 e. The van der Waals surface area contributed by atoms with E-state index < -0.39 is 27.4 Å². The third-order valence-electron chi connectivity index (χ3n) is 1.05. The smallest absolute Gasteiger partial charge is 0.411 e. The normalized spacial score (nSPS) is 13.5. The second-order valence-corrected chi connectivity index (χ2v) is 3.69. The van der Waals surface area contributed by atoms with Gasteiger partial charge in [-0.25, -0.2) is 4.79 Å². The molecule has 0 bridgehead atoms. The van der Waals surface area contributed by atoms with E-state index in [0.717, 1.165) is 6.92 Å². The molecule has 0 aliphatic rings. The number of hydrogen-bond acceptors (Lipinski definition) is 4. The molecule has 1 unspecified atom stereocenters. The Labute approximate surface area is 68.1 Å². The molecule has 0 rings (SSSR count). The van der Waals surface area contributed by atoms with Crippen LogP contribution in [-0.2, 0) is 14.9 Å². The van der Waals surface area contributed by atoms with Crippen molar-refractivity contribution in [3.63, 3.8) is 0 Å². The van der Waals surface area contributed by atoms with Crippen molar-refractivity contribution in [1.82, 2.24) is 5.32 Å². The van der Waals surface area contributed by atoms with Gasteiger partial charge in [0.05, 0.1) is 0 Å². The van der Waals surface area contributed by atoms with Gasteiger partial charge in [0.25, 0.3) is 10.1 Å². The fraction of sp³-hybridized carbons (Fsp3) is 0.500. The second kappa shape index (κ2) is 3.50. The van der Waals surface area contributed by atoms with E-state index in [9.17, 15) is 18.0 Å². The van der Waals surface area contributed by atoms with Gasteiger partial charge >= 0.3 is 6.09 Å². The Morgan fingerprint density at radius 2 is 1.83 bits per heavy atom. The number of imide groups is 1. The molecular formula is C4H7NO6S. The predicted molar refractivity (Wildman–Crippen MR) is 37.2 cm³/mol. The standard InChI is InChI=1S/C4H7NO6S/c1-2(12(9,10)11)3(6)5-4(7)8/h2H,1H3,(H,5,6)(H,7,8)(H,9,10,11). The molecule has 70 valence electrons. The molecule has 0 radical (unpaired) electrons. The molecule has 0 saturated heterocycles. The van der Waals surface area contributed by atoms with Crippen molar-refractivity contribution in [2.45, 2.75) is 12.2 Å². The zero-order chi connectivity index (χ0) is 9.94. The van der Waals surface area contributed by atoms with Crippen LogP contribution >= 0.6 is 0 Å². The van der Waals surface area contributed by atoms with Gasteiger partial charge in [0.2, 0.25) is 5.91 Å². The van der Waals surface area contributed by atoms with E-state index in [0.29, 0.717) is 0 Å². The molecule has 0 aliphatic carbocycles. The first kappa shape index (κ1) is 10.8. The van der Waals surface area contributed by atoms with Crippen molar-refractivity contribution >= 4 is 22.1 Å². The van der Waals surface area contributed by atoms with E-state index >= 15 is 0 Å². The zero-order valence-corrected chi connectivity index (χ0v) is 6.83. The number of nitrogens with one attached hydrogen (secondary N) is 1. The minimum absolute atomic E-state index is 0.869. The van der Waals surface area contributed by atoms with Gasteiger partial charge in [0.1, 0.15) is 0 Å². The van der Waals surface area contributed by atoms with Crippen LogP contribution < -0.4 is 5.32 Å². The lowest BCUT2D eigenvalue weighted by Crippen LogP contribution is -2.40. The van der Waals surface area contributed by atoms with Gasteiger partial charge in [0.15, 0.2) is 5.25 Å².